The summed E-state index contributed by atoms with van der Waals surface area (Å²) >= 11 is 0. The van der Waals surface area contributed by atoms with E-state index >= 15 is 0 Å². The highest BCUT2D eigenvalue weighted by atomic mass is 19.1. The fourth-order valence-corrected chi connectivity index (χ4v) is 2.27. The maximum absolute atomic E-state index is 13.7. The van der Waals surface area contributed by atoms with Crippen LogP contribution in [0.25, 0.3) is 0 Å². The number of nitrogens with one attached hydrogen (secondary N) is 2. The van der Waals surface area contributed by atoms with Crippen LogP contribution < -0.4 is 10.6 Å². The number of rotatable bonds is 5. The Hall–Kier alpha value is -3.35. The number of anilines is 2. The van der Waals surface area contributed by atoms with Gasteiger partial charge in [-0.3, -0.25) is 4.79 Å². The van der Waals surface area contributed by atoms with Crippen molar-refractivity contribution in [2.75, 3.05) is 5.32 Å². The Balaban J connectivity index is 1.70. The molecule has 0 bridgehead atoms. The molecule has 2 N–H and O–H groups in total. The van der Waals surface area contributed by atoms with E-state index < -0.39 is 17.5 Å². The van der Waals surface area contributed by atoms with Gasteiger partial charge in [-0.25, -0.2) is 18.7 Å². The van der Waals surface area contributed by atoms with Gasteiger partial charge in [0.1, 0.15) is 35.2 Å². The molecule has 0 aliphatic heterocycles. The molecule has 0 saturated carbocycles. The van der Waals surface area contributed by atoms with Crippen molar-refractivity contribution in [3.8, 4) is 0 Å². The van der Waals surface area contributed by atoms with E-state index in [9.17, 15) is 13.6 Å². The number of nitrogens with zero attached hydrogens (tertiary/aromatic N) is 2. The number of hydrogen-bond acceptors (Lipinski definition) is 4. The highest BCUT2D eigenvalue weighted by molar-refractivity contribution is 5.92. The number of carbonyl (C=O) groups is 1. The predicted molar refractivity (Wildman–Crippen MR) is 94.0 cm³/mol. The summed E-state index contributed by atoms with van der Waals surface area (Å²) in [7, 11) is 0. The largest absolute Gasteiger partial charge is 0.347 e. The molecule has 26 heavy (non-hydrogen) atoms. The van der Waals surface area contributed by atoms with Gasteiger partial charge < -0.3 is 10.6 Å². The van der Waals surface area contributed by atoms with Crippen molar-refractivity contribution >= 4 is 17.4 Å². The molecular weight excluding hydrogens is 338 g/mol. The minimum atomic E-state index is -0.756. The van der Waals surface area contributed by atoms with Crippen LogP contribution in [0.15, 0.2) is 54.9 Å². The lowest BCUT2D eigenvalue weighted by atomic mass is 10.1. The summed E-state index contributed by atoms with van der Waals surface area (Å²) in [4.78, 5) is 20.0. The highest BCUT2D eigenvalue weighted by Gasteiger charge is 2.12. The van der Waals surface area contributed by atoms with Gasteiger partial charge >= 0.3 is 0 Å². The Kier molecular flexibility index (Phi) is 5.17. The van der Waals surface area contributed by atoms with Crippen molar-refractivity contribution in [2.24, 2.45) is 0 Å². The number of halogens is 2. The number of aromatic nitrogens is 2. The lowest BCUT2D eigenvalue weighted by Crippen LogP contribution is -2.24. The van der Waals surface area contributed by atoms with Crippen molar-refractivity contribution in [1.29, 1.82) is 0 Å². The van der Waals surface area contributed by atoms with Gasteiger partial charge in [-0.05, 0) is 24.6 Å². The minimum absolute atomic E-state index is 0.0892. The van der Waals surface area contributed by atoms with Gasteiger partial charge in [-0.2, -0.15) is 0 Å². The number of carbonyl (C=O) groups excluding carboxylic acids is 1. The van der Waals surface area contributed by atoms with Crippen LogP contribution in [0.4, 0.5) is 20.3 Å². The molecule has 3 rings (SSSR count). The fourth-order valence-electron chi connectivity index (χ4n) is 2.27. The third-order valence-electron chi connectivity index (χ3n) is 3.69. The van der Waals surface area contributed by atoms with Crippen LogP contribution in [-0.2, 0) is 6.54 Å². The van der Waals surface area contributed by atoms with E-state index in [-0.39, 0.29) is 17.2 Å². The summed E-state index contributed by atoms with van der Waals surface area (Å²) < 4.78 is 27.4. The number of aryl methyl sites for hydroxylation is 1. The molecule has 5 nitrogen and oxygen atoms in total. The Labute approximate surface area is 149 Å². The standard InChI is InChI=1S/C19H16F2N4O/c1-12-5-7-13(8-6-12)10-22-19(26)16-9-17(24-11-23-16)25-18-14(20)3-2-4-15(18)21/h2-9,11H,10H2,1H3,(H,22,26)(H,23,24,25). The van der Waals surface area contributed by atoms with Gasteiger partial charge in [0.15, 0.2) is 0 Å². The van der Waals surface area contributed by atoms with Gasteiger partial charge in [0, 0.05) is 12.6 Å². The van der Waals surface area contributed by atoms with E-state index in [4.69, 9.17) is 0 Å². The number of amides is 1. The zero-order chi connectivity index (χ0) is 18.5. The first-order chi connectivity index (χ1) is 12.5. The van der Waals surface area contributed by atoms with Gasteiger partial charge in [0.25, 0.3) is 5.91 Å². The fraction of sp³-hybridized carbons (Fsp3) is 0.105. The van der Waals surface area contributed by atoms with Crippen molar-refractivity contribution in [3.63, 3.8) is 0 Å². The first-order valence-electron chi connectivity index (χ1n) is 7.90. The average Bonchev–Trinajstić information content (AvgIpc) is 2.64. The smallest absolute Gasteiger partial charge is 0.270 e. The van der Waals surface area contributed by atoms with E-state index in [2.05, 4.69) is 20.6 Å². The molecule has 0 atom stereocenters. The van der Waals surface area contributed by atoms with Crippen LogP contribution in [0.1, 0.15) is 21.6 Å². The number of para-hydroxylation sites is 1. The van der Waals surface area contributed by atoms with E-state index in [1.807, 2.05) is 31.2 Å². The van der Waals surface area contributed by atoms with E-state index in [1.54, 1.807) is 0 Å². The summed E-state index contributed by atoms with van der Waals surface area (Å²) in [5.74, 6) is -1.81. The molecule has 1 amide bonds. The molecule has 3 aromatic rings. The van der Waals surface area contributed by atoms with Gasteiger partial charge in [0.05, 0.1) is 0 Å². The summed E-state index contributed by atoms with van der Waals surface area (Å²) in [6.07, 6.45) is 1.15. The number of hydrogen-bond donors (Lipinski definition) is 2. The average molecular weight is 354 g/mol. The SMILES string of the molecule is Cc1ccc(CNC(=O)c2cc(Nc3c(F)cccc3F)ncn2)cc1. The Morgan fingerprint density at radius 1 is 1.04 bits per heavy atom. The van der Waals surface area contributed by atoms with Crippen LogP contribution in [0.5, 0.6) is 0 Å². The Bertz CT molecular complexity index is 909. The van der Waals surface area contributed by atoms with Gasteiger partial charge in [-0.1, -0.05) is 35.9 Å². The second-order valence-electron chi connectivity index (χ2n) is 5.68. The van der Waals surface area contributed by atoms with Crippen LogP contribution in [0.3, 0.4) is 0 Å². The maximum Gasteiger partial charge on any atom is 0.270 e. The molecule has 1 aromatic heterocycles. The molecular formula is C19H16F2N4O. The van der Waals surface area contributed by atoms with Gasteiger partial charge in [-0.15, -0.1) is 0 Å². The lowest BCUT2D eigenvalue weighted by Gasteiger charge is -2.09. The van der Waals surface area contributed by atoms with Crippen molar-refractivity contribution < 1.29 is 13.6 Å². The molecule has 0 fully saturated rings. The summed E-state index contributed by atoms with van der Waals surface area (Å²) in [5, 5.41) is 5.28. The molecule has 0 unspecified atom stereocenters. The van der Waals surface area contributed by atoms with Crippen molar-refractivity contribution in [3.05, 3.63) is 83.3 Å². The molecule has 0 radical (unpaired) electrons. The van der Waals surface area contributed by atoms with Crippen molar-refractivity contribution in [1.82, 2.24) is 15.3 Å². The quantitative estimate of drug-likeness (QED) is 0.733. The zero-order valence-corrected chi connectivity index (χ0v) is 14.0. The third-order valence-corrected chi connectivity index (χ3v) is 3.69. The first-order valence-corrected chi connectivity index (χ1v) is 7.90. The second-order valence-corrected chi connectivity index (χ2v) is 5.68. The molecule has 132 valence electrons. The summed E-state index contributed by atoms with van der Waals surface area (Å²) in [5.41, 5.74) is 1.83. The normalized spacial score (nSPS) is 10.4. The monoisotopic (exact) mass is 354 g/mol. The zero-order valence-electron chi connectivity index (χ0n) is 14.0. The molecule has 0 aliphatic carbocycles. The first kappa shape index (κ1) is 17.5. The van der Waals surface area contributed by atoms with E-state index in [0.29, 0.717) is 6.54 Å². The van der Waals surface area contributed by atoms with Crippen LogP contribution >= 0.6 is 0 Å². The van der Waals surface area contributed by atoms with Crippen LogP contribution in [-0.4, -0.2) is 15.9 Å². The third kappa shape index (κ3) is 4.18. The van der Waals surface area contributed by atoms with Crippen molar-refractivity contribution in [2.45, 2.75) is 13.5 Å². The molecule has 0 saturated heterocycles. The summed E-state index contributed by atoms with van der Waals surface area (Å²) in [6.45, 7) is 2.32. The highest BCUT2D eigenvalue weighted by Crippen LogP contribution is 2.22. The predicted octanol–water partition coefficient (Wildman–Crippen LogP) is 3.74. The molecule has 1 heterocycles. The van der Waals surface area contributed by atoms with E-state index in [1.165, 1.54) is 12.1 Å². The molecule has 2 aromatic carbocycles. The Morgan fingerprint density at radius 2 is 1.73 bits per heavy atom. The second kappa shape index (κ2) is 7.69. The summed E-state index contributed by atoms with van der Waals surface area (Å²) in [6, 6.07) is 12.6. The van der Waals surface area contributed by atoms with E-state index in [0.717, 1.165) is 29.6 Å². The molecule has 0 spiro atoms. The Morgan fingerprint density at radius 3 is 2.42 bits per heavy atom. The number of benzene rings is 2. The molecule has 0 aliphatic rings. The van der Waals surface area contributed by atoms with Gasteiger partial charge in [0.2, 0.25) is 0 Å². The topological polar surface area (TPSA) is 66.9 Å². The lowest BCUT2D eigenvalue weighted by molar-refractivity contribution is 0.0946. The maximum atomic E-state index is 13.7. The molecule has 7 heteroatoms. The van der Waals surface area contributed by atoms with Crippen LogP contribution in [0, 0.1) is 18.6 Å². The minimum Gasteiger partial charge on any atom is -0.347 e. The van der Waals surface area contributed by atoms with Crippen LogP contribution in [0.2, 0.25) is 0 Å².